The van der Waals surface area contributed by atoms with Crippen LogP contribution in [0.3, 0.4) is 0 Å². The number of hydrogen-bond donors (Lipinski definition) is 2. The predicted octanol–water partition coefficient (Wildman–Crippen LogP) is -1.96. The number of nitrogens with one attached hydrogen (secondary N) is 1. The number of halogens is 3. The van der Waals surface area contributed by atoms with Gasteiger partial charge in [0.1, 0.15) is 0 Å². The van der Waals surface area contributed by atoms with Gasteiger partial charge in [-0.25, -0.2) is 0 Å². The summed E-state index contributed by atoms with van der Waals surface area (Å²) in [6, 6.07) is 2.28. The van der Waals surface area contributed by atoms with Gasteiger partial charge >= 0.3 is 58.4 Å². The summed E-state index contributed by atoms with van der Waals surface area (Å²) in [4.78, 5) is 2.14. The zero-order valence-electron chi connectivity index (χ0n) is 11.9. The van der Waals surface area contributed by atoms with Gasteiger partial charge in [-0.3, -0.25) is 4.90 Å². The van der Waals surface area contributed by atoms with Gasteiger partial charge in [0.05, 0.1) is 0 Å². The summed E-state index contributed by atoms with van der Waals surface area (Å²) in [6.45, 7) is 0.745. The van der Waals surface area contributed by atoms with Crippen LogP contribution >= 0.6 is 0 Å². The number of nitrogen functional groups attached to an aromatic ring is 1. The van der Waals surface area contributed by atoms with Crippen LogP contribution in [0, 0.1) is 6.92 Å². The fraction of sp³-hybridized carbons (Fsp3) is 0.500. The van der Waals surface area contributed by atoms with Gasteiger partial charge in [-0.1, -0.05) is 12.1 Å². The van der Waals surface area contributed by atoms with Crippen LogP contribution in [0.15, 0.2) is 12.1 Å². The quantitative estimate of drug-likeness (QED) is 0.503. The summed E-state index contributed by atoms with van der Waals surface area (Å²) in [5.74, 6) is 0. The third-order valence-corrected chi connectivity index (χ3v) is 3.56. The molecule has 3 N–H and O–H groups in total. The van der Waals surface area contributed by atoms with Crippen molar-refractivity contribution in [3.8, 4) is 0 Å². The van der Waals surface area contributed by atoms with Crippen LogP contribution < -0.4 is 67.9 Å². The Kier molecular flexibility index (Phi) is 7.04. The SMILES string of the molecule is Cc1c(N)cc([B-](F)(F)F)cc1CN1CCNCC1.[K+]. The molecule has 8 heteroatoms. The Morgan fingerprint density at radius 2 is 1.85 bits per heavy atom. The Morgan fingerprint density at radius 1 is 1.25 bits per heavy atom. The molecule has 3 nitrogen and oxygen atoms in total. The Balaban J connectivity index is 0.00000200. The summed E-state index contributed by atoms with van der Waals surface area (Å²) < 4.78 is 38.5. The molecule has 0 atom stereocenters. The standard InChI is InChI=1S/C12H18BF3N3.K/c1-9-10(8-19-4-2-18-3-5-19)6-11(7-12(9)17)13(14,15)16;/h6-7,18H,2-5,8,17H2,1H3;/q-1;+1. The van der Waals surface area contributed by atoms with E-state index >= 15 is 0 Å². The van der Waals surface area contributed by atoms with Crippen LogP contribution in [0.25, 0.3) is 0 Å². The van der Waals surface area contributed by atoms with Crippen molar-refractivity contribution < 1.29 is 64.3 Å². The molecule has 1 aliphatic rings. The van der Waals surface area contributed by atoms with E-state index in [1.165, 1.54) is 6.07 Å². The number of nitrogens with zero attached hydrogens (tertiary/aromatic N) is 1. The van der Waals surface area contributed by atoms with Gasteiger partial charge < -0.3 is 24.0 Å². The average molecular weight is 311 g/mol. The second-order valence-corrected chi connectivity index (χ2v) is 5.00. The number of rotatable bonds is 3. The first-order valence-corrected chi connectivity index (χ1v) is 6.40. The van der Waals surface area contributed by atoms with Crippen LogP contribution in [0.2, 0.25) is 0 Å². The van der Waals surface area contributed by atoms with Gasteiger partial charge in [-0.2, -0.15) is 0 Å². The first-order valence-electron chi connectivity index (χ1n) is 6.40. The van der Waals surface area contributed by atoms with E-state index in [4.69, 9.17) is 5.73 Å². The molecule has 1 aliphatic heterocycles. The molecule has 2 rings (SSSR count). The molecule has 0 bridgehead atoms. The number of piperazine rings is 1. The van der Waals surface area contributed by atoms with Gasteiger partial charge in [0.15, 0.2) is 0 Å². The van der Waals surface area contributed by atoms with E-state index in [9.17, 15) is 12.9 Å². The maximum atomic E-state index is 12.8. The Bertz CT molecular complexity index is 462. The third-order valence-electron chi connectivity index (χ3n) is 3.56. The van der Waals surface area contributed by atoms with E-state index < -0.39 is 12.4 Å². The second kappa shape index (κ2) is 7.62. The predicted molar refractivity (Wildman–Crippen MR) is 72.5 cm³/mol. The average Bonchev–Trinajstić information content (AvgIpc) is 2.34. The summed E-state index contributed by atoms with van der Waals surface area (Å²) in [5.41, 5.74) is 6.75. The minimum atomic E-state index is -5.00. The van der Waals surface area contributed by atoms with Crippen molar-refractivity contribution in [2.24, 2.45) is 0 Å². The van der Waals surface area contributed by atoms with Crippen molar-refractivity contribution in [2.45, 2.75) is 13.5 Å². The molecule has 106 valence electrons. The summed E-state index contributed by atoms with van der Waals surface area (Å²) in [7, 11) is 0. The molecule has 1 heterocycles. The maximum absolute atomic E-state index is 12.8. The van der Waals surface area contributed by atoms with Crippen molar-refractivity contribution in [3.63, 3.8) is 0 Å². The molecule has 0 spiro atoms. The van der Waals surface area contributed by atoms with Gasteiger partial charge in [-0.05, 0) is 18.1 Å². The van der Waals surface area contributed by atoms with Gasteiger partial charge in [0.2, 0.25) is 0 Å². The first-order chi connectivity index (χ1) is 8.88. The largest absolute Gasteiger partial charge is 1.00 e. The first kappa shape index (κ1) is 18.5. The molecule has 0 aliphatic carbocycles. The third kappa shape index (κ3) is 4.72. The number of hydrogen-bond acceptors (Lipinski definition) is 3. The van der Waals surface area contributed by atoms with E-state index in [1.807, 2.05) is 0 Å². The number of benzene rings is 1. The molecule has 0 amide bonds. The Morgan fingerprint density at radius 3 is 2.40 bits per heavy atom. The normalized spacial score (nSPS) is 16.8. The number of anilines is 1. The molecular formula is C12H18BF3KN3. The minimum Gasteiger partial charge on any atom is -0.445 e. The molecule has 1 aromatic carbocycles. The van der Waals surface area contributed by atoms with Crippen LogP contribution in [0.1, 0.15) is 11.1 Å². The zero-order valence-corrected chi connectivity index (χ0v) is 15.0. The van der Waals surface area contributed by atoms with E-state index in [1.54, 1.807) is 6.92 Å². The number of nitrogens with two attached hydrogens (primary N) is 1. The van der Waals surface area contributed by atoms with Crippen LogP contribution in [0.4, 0.5) is 18.6 Å². The molecule has 0 saturated carbocycles. The Labute approximate surface area is 159 Å². The molecule has 0 radical (unpaired) electrons. The van der Waals surface area contributed by atoms with E-state index in [2.05, 4.69) is 10.2 Å². The summed E-state index contributed by atoms with van der Waals surface area (Å²) in [6.07, 6.45) is 0. The topological polar surface area (TPSA) is 41.3 Å². The molecule has 0 aromatic heterocycles. The van der Waals surface area contributed by atoms with E-state index in [0.717, 1.165) is 37.8 Å². The van der Waals surface area contributed by atoms with E-state index in [0.29, 0.717) is 12.1 Å². The van der Waals surface area contributed by atoms with Gasteiger partial charge in [-0.15, -0.1) is 5.46 Å². The fourth-order valence-corrected chi connectivity index (χ4v) is 2.29. The molecule has 1 aromatic rings. The molecule has 20 heavy (non-hydrogen) atoms. The van der Waals surface area contributed by atoms with Crippen molar-refractivity contribution in [1.29, 1.82) is 0 Å². The summed E-state index contributed by atoms with van der Waals surface area (Å²) in [5, 5.41) is 3.22. The van der Waals surface area contributed by atoms with Crippen molar-refractivity contribution in [3.05, 3.63) is 23.3 Å². The van der Waals surface area contributed by atoms with Crippen molar-refractivity contribution in [2.75, 3.05) is 31.9 Å². The van der Waals surface area contributed by atoms with E-state index in [-0.39, 0.29) is 57.1 Å². The smallest absolute Gasteiger partial charge is 0.445 e. The van der Waals surface area contributed by atoms with Crippen LogP contribution in [0.5, 0.6) is 0 Å². The molecular weight excluding hydrogens is 293 g/mol. The zero-order chi connectivity index (χ0) is 14.0. The molecule has 0 unspecified atom stereocenters. The molecule has 1 fully saturated rings. The van der Waals surface area contributed by atoms with Gasteiger partial charge in [0, 0.05) is 38.4 Å². The fourth-order valence-electron chi connectivity index (χ4n) is 2.29. The monoisotopic (exact) mass is 311 g/mol. The molecule has 1 saturated heterocycles. The van der Waals surface area contributed by atoms with Gasteiger partial charge in [0.25, 0.3) is 0 Å². The summed E-state index contributed by atoms with van der Waals surface area (Å²) >= 11 is 0. The maximum Gasteiger partial charge on any atom is 1.00 e. The minimum absolute atomic E-state index is 0. The van der Waals surface area contributed by atoms with Crippen molar-refractivity contribution >= 4 is 18.1 Å². The Hall–Kier alpha value is 0.431. The second-order valence-electron chi connectivity index (χ2n) is 5.00. The van der Waals surface area contributed by atoms with Crippen LogP contribution in [-0.4, -0.2) is 38.1 Å². The van der Waals surface area contributed by atoms with Crippen molar-refractivity contribution in [1.82, 2.24) is 10.2 Å². The van der Waals surface area contributed by atoms with Crippen LogP contribution in [-0.2, 0) is 6.54 Å².